The number of carbonyl (C=O) groups excluding carboxylic acids is 2. The standard InChI is InChI=1S/C9H9ClN2O3S/c10-8-6(4-14)16-9(11-8)12-2-5(3-13)1-7(12)15/h4-5,13H,1-3H2. The minimum absolute atomic E-state index is 0.0259. The molecule has 1 N–H and O–H groups in total. The van der Waals surface area contributed by atoms with Gasteiger partial charge in [-0.15, -0.1) is 0 Å². The van der Waals surface area contributed by atoms with E-state index < -0.39 is 0 Å². The van der Waals surface area contributed by atoms with E-state index in [0.717, 1.165) is 11.3 Å². The molecule has 1 aliphatic rings. The maximum Gasteiger partial charge on any atom is 0.229 e. The second-order valence-electron chi connectivity index (χ2n) is 3.53. The maximum atomic E-state index is 11.6. The zero-order valence-electron chi connectivity index (χ0n) is 8.22. The fourth-order valence-corrected chi connectivity index (χ4v) is 2.67. The van der Waals surface area contributed by atoms with Crippen molar-refractivity contribution in [2.24, 2.45) is 5.92 Å². The number of aliphatic hydroxyl groups is 1. The normalized spacial score (nSPS) is 20.5. The van der Waals surface area contributed by atoms with E-state index >= 15 is 0 Å². The molecular formula is C9H9ClN2O3S. The molecule has 1 aliphatic heterocycles. The summed E-state index contributed by atoms with van der Waals surface area (Å²) in [5.74, 6) is -0.156. The van der Waals surface area contributed by atoms with Crippen molar-refractivity contribution in [3.8, 4) is 0 Å². The lowest BCUT2D eigenvalue weighted by molar-refractivity contribution is -0.117. The molecule has 16 heavy (non-hydrogen) atoms. The summed E-state index contributed by atoms with van der Waals surface area (Å²) in [6, 6.07) is 0. The molecule has 2 heterocycles. The minimum Gasteiger partial charge on any atom is -0.396 e. The van der Waals surface area contributed by atoms with E-state index in [-0.39, 0.29) is 23.6 Å². The third kappa shape index (κ3) is 1.95. The fraction of sp³-hybridized carbons (Fsp3) is 0.444. The number of carbonyl (C=O) groups is 2. The van der Waals surface area contributed by atoms with Gasteiger partial charge in [0.1, 0.15) is 4.88 Å². The monoisotopic (exact) mass is 260 g/mol. The Morgan fingerprint density at radius 2 is 2.44 bits per heavy atom. The lowest BCUT2D eigenvalue weighted by Gasteiger charge is -2.11. The van der Waals surface area contributed by atoms with Crippen LogP contribution in [-0.2, 0) is 4.79 Å². The van der Waals surface area contributed by atoms with Crippen molar-refractivity contribution < 1.29 is 14.7 Å². The quantitative estimate of drug-likeness (QED) is 0.822. The summed E-state index contributed by atoms with van der Waals surface area (Å²) in [4.78, 5) is 27.9. The van der Waals surface area contributed by atoms with E-state index in [9.17, 15) is 9.59 Å². The highest BCUT2D eigenvalue weighted by molar-refractivity contribution is 7.17. The van der Waals surface area contributed by atoms with Crippen LogP contribution in [0.4, 0.5) is 5.13 Å². The number of rotatable bonds is 3. The van der Waals surface area contributed by atoms with Gasteiger partial charge >= 0.3 is 0 Å². The Morgan fingerprint density at radius 3 is 2.94 bits per heavy atom. The topological polar surface area (TPSA) is 70.5 Å². The van der Waals surface area contributed by atoms with Gasteiger partial charge < -0.3 is 5.11 Å². The summed E-state index contributed by atoms with van der Waals surface area (Å²) in [5, 5.41) is 9.52. The van der Waals surface area contributed by atoms with Crippen molar-refractivity contribution in [1.29, 1.82) is 0 Å². The van der Waals surface area contributed by atoms with Crippen LogP contribution < -0.4 is 4.90 Å². The van der Waals surface area contributed by atoms with Crippen LogP contribution in [0, 0.1) is 5.92 Å². The zero-order valence-corrected chi connectivity index (χ0v) is 9.79. The lowest BCUT2D eigenvalue weighted by Crippen LogP contribution is -2.24. The van der Waals surface area contributed by atoms with Gasteiger partial charge in [-0.2, -0.15) is 0 Å². The van der Waals surface area contributed by atoms with E-state index in [0.29, 0.717) is 29.3 Å². The third-order valence-corrected chi connectivity index (χ3v) is 3.80. The Hall–Kier alpha value is -0.980. The average Bonchev–Trinajstić information content (AvgIpc) is 2.81. The molecular weight excluding hydrogens is 252 g/mol. The molecule has 1 fully saturated rings. The molecule has 7 heteroatoms. The highest BCUT2D eigenvalue weighted by Crippen LogP contribution is 2.32. The molecule has 5 nitrogen and oxygen atoms in total. The van der Waals surface area contributed by atoms with Crippen LogP contribution in [0.15, 0.2) is 0 Å². The fourth-order valence-electron chi connectivity index (χ4n) is 1.58. The molecule has 0 aliphatic carbocycles. The van der Waals surface area contributed by atoms with E-state index in [1.807, 2.05) is 0 Å². The SMILES string of the molecule is O=Cc1sc(N2CC(CO)CC2=O)nc1Cl. The van der Waals surface area contributed by atoms with Crippen LogP contribution in [0.1, 0.15) is 16.1 Å². The zero-order chi connectivity index (χ0) is 11.7. The van der Waals surface area contributed by atoms with Gasteiger partial charge in [0, 0.05) is 25.5 Å². The summed E-state index contributed by atoms with van der Waals surface area (Å²) in [7, 11) is 0. The Kier molecular flexibility index (Phi) is 3.22. The summed E-state index contributed by atoms with van der Waals surface area (Å²) in [5.41, 5.74) is 0. The minimum atomic E-state index is -0.0954. The lowest BCUT2D eigenvalue weighted by atomic mass is 10.1. The number of aromatic nitrogens is 1. The Morgan fingerprint density at radius 1 is 1.69 bits per heavy atom. The third-order valence-electron chi connectivity index (χ3n) is 2.40. The number of hydrogen-bond donors (Lipinski definition) is 1. The Labute approximate surface area is 101 Å². The molecule has 1 saturated heterocycles. The van der Waals surface area contributed by atoms with Crippen LogP contribution in [0.5, 0.6) is 0 Å². The van der Waals surface area contributed by atoms with Crippen LogP contribution in [0.2, 0.25) is 5.15 Å². The number of thiazole rings is 1. The number of halogens is 1. The van der Waals surface area contributed by atoms with Crippen molar-refractivity contribution >= 4 is 40.3 Å². The maximum absolute atomic E-state index is 11.6. The summed E-state index contributed by atoms with van der Waals surface area (Å²) in [6.45, 7) is 0.402. The summed E-state index contributed by atoms with van der Waals surface area (Å²) < 4.78 is 0. The van der Waals surface area contributed by atoms with Gasteiger partial charge in [-0.1, -0.05) is 22.9 Å². The predicted octanol–water partition coefficient (Wildman–Crippen LogP) is 0.954. The Bertz CT molecular complexity index is 434. The number of anilines is 1. The van der Waals surface area contributed by atoms with Crippen molar-refractivity contribution in [1.82, 2.24) is 4.98 Å². The van der Waals surface area contributed by atoms with Crippen molar-refractivity contribution in [2.45, 2.75) is 6.42 Å². The molecule has 1 aromatic heterocycles. The molecule has 1 amide bonds. The van der Waals surface area contributed by atoms with E-state index in [1.54, 1.807) is 0 Å². The first-order valence-corrected chi connectivity index (χ1v) is 5.88. The molecule has 0 bridgehead atoms. The summed E-state index contributed by atoms with van der Waals surface area (Å²) >= 11 is 6.81. The molecule has 1 atom stereocenters. The Balaban J connectivity index is 2.24. The first kappa shape index (κ1) is 11.5. The largest absolute Gasteiger partial charge is 0.396 e. The van der Waals surface area contributed by atoms with E-state index in [2.05, 4.69) is 4.98 Å². The molecule has 2 rings (SSSR count). The number of amides is 1. The van der Waals surface area contributed by atoms with Crippen LogP contribution in [0.25, 0.3) is 0 Å². The summed E-state index contributed by atoms with van der Waals surface area (Å²) in [6.07, 6.45) is 0.928. The van der Waals surface area contributed by atoms with Gasteiger partial charge in [-0.05, 0) is 0 Å². The average molecular weight is 261 g/mol. The van der Waals surface area contributed by atoms with Crippen LogP contribution >= 0.6 is 22.9 Å². The van der Waals surface area contributed by atoms with Crippen molar-refractivity contribution in [3.05, 3.63) is 10.0 Å². The smallest absolute Gasteiger partial charge is 0.229 e. The van der Waals surface area contributed by atoms with Crippen LogP contribution in [0.3, 0.4) is 0 Å². The van der Waals surface area contributed by atoms with Gasteiger partial charge in [-0.25, -0.2) is 4.98 Å². The van der Waals surface area contributed by atoms with Gasteiger partial charge in [0.2, 0.25) is 5.91 Å². The molecule has 0 radical (unpaired) electrons. The first-order valence-electron chi connectivity index (χ1n) is 4.68. The predicted molar refractivity (Wildman–Crippen MR) is 60.1 cm³/mol. The highest BCUT2D eigenvalue weighted by atomic mass is 35.5. The number of aliphatic hydroxyl groups excluding tert-OH is 1. The molecule has 0 aromatic carbocycles. The second kappa shape index (κ2) is 4.48. The van der Waals surface area contributed by atoms with E-state index in [4.69, 9.17) is 16.7 Å². The molecule has 1 unspecified atom stereocenters. The molecule has 86 valence electrons. The van der Waals surface area contributed by atoms with Gasteiger partial charge in [0.05, 0.1) is 0 Å². The molecule has 0 spiro atoms. The van der Waals surface area contributed by atoms with Crippen molar-refractivity contribution in [3.63, 3.8) is 0 Å². The van der Waals surface area contributed by atoms with Gasteiger partial charge in [-0.3, -0.25) is 14.5 Å². The second-order valence-corrected chi connectivity index (χ2v) is 4.89. The number of hydrogen-bond acceptors (Lipinski definition) is 5. The first-order chi connectivity index (χ1) is 7.65. The number of nitrogens with zero attached hydrogens (tertiary/aromatic N) is 2. The van der Waals surface area contributed by atoms with Gasteiger partial charge in [0.15, 0.2) is 16.6 Å². The van der Waals surface area contributed by atoms with E-state index in [1.165, 1.54) is 4.90 Å². The molecule has 0 saturated carbocycles. The van der Waals surface area contributed by atoms with Crippen molar-refractivity contribution in [2.75, 3.05) is 18.1 Å². The van der Waals surface area contributed by atoms with Crippen LogP contribution in [-0.4, -0.2) is 35.4 Å². The molecule has 1 aromatic rings. The van der Waals surface area contributed by atoms with Gasteiger partial charge in [0.25, 0.3) is 0 Å². The highest BCUT2D eigenvalue weighted by Gasteiger charge is 2.32. The number of aldehydes is 1.